The maximum absolute atomic E-state index is 8.66. The monoisotopic (exact) mass is 250 g/mol. The first-order valence-corrected chi connectivity index (χ1v) is 7.55. The fourth-order valence-corrected chi connectivity index (χ4v) is 2.84. The number of nitrogens with two attached hydrogens (primary N) is 1. The van der Waals surface area contributed by atoms with Crippen LogP contribution in [0.1, 0.15) is 19.8 Å². The van der Waals surface area contributed by atoms with E-state index < -0.39 is 9.28 Å². The van der Waals surface area contributed by atoms with Crippen LogP contribution < -0.4 is 11.1 Å². The molecule has 0 spiro atoms. The molecule has 2 atom stereocenters. The molecule has 0 saturated carbocycles. The van der Waals surface area contributed by atoms with Crippen molar-refractivity contribution in [3.8, 4) is 0 Å². The molecule has 0 aliphatic heterocycles. The molecule has 0 bridgehead atoms. The molecule has 0 fully saturated rings. The van der Waals surface area contributed by atoms with Crippen LogP contribution in [0.3, 0.4) is 0 Å². The third-order valence-corrected chi connectivity index (χ3v) is 4.64. The second-order valence-electron chi connectivity index (χ2n) is 4.05. The molecule has 0 rings (SSSR count). The van der Waals surface area contributed by atoms with E-state index >= 15 is 0 Å². The molecule has 16 heavy (non-hydrogen) atoms. The Morgan fingerprint density at radius 3 is 2.44 bits per heavy atom. The molecule has 2 unspecified atom stereocenters. The number of hydrogen-bond donors (Lipinski definition) is 3. The highest BCUT2D eigenvalue weighted by Crippen LogP contribution is 2.06. The number of hydrogen-bond acceptors (Lipinski definition) is 5. The van der Waals surface area contributed by atoms with Crippen molar-refractivity contribution < 1.29 is 14.0 Å². The Kier molecular flexibility index (Phi) is 10.2. The Morgan fingerprint density at radius 1 is 1.31 bits per heavy atom. The topological polar surface area (TPSA) is 76.7 Å². The smallest absolute Gasteiger partial charge is 0.322 e. The summed E-state index contributed by atoms with van der Waals surface area (Å²) in [6, 6.07) is 1.39. The summed E-state index contributed by atoms with van der Waals surface area (Å²) >= 11 is 0. The SMILES string of the molecule is CO[SiH](CC(N)CCC(C)NCCO)OC. The third-order valence-electron chi connectivity index (χ3n) is 2.60. The lowest BCUT2D eigenvalue weighted by Gasteiger charge is -2.19. The van der Waals surface area contributed by atoms with Crippen molar-refractivity contribution >= 4 is 9.28 Å². The van der Waals surface area contributed by atoms with Gasteiger partial charge in [0.2, 0.25) is 0 Å². The summed E-state index contributed by atoms with van der Waals surface area (Å²) in [6.07, 6.45) is 1.96. The van der Waals surface area contributed by atoms with E-state index in [1.807, 2.05) is 0 Å². The lowest BCUT2D eigenvalue weighted by Crippen LogP contribution is -2.34. The molecule has 0 aliphatic carbocycles. The van der Waals surface area contributed by atoms with Crippen LogP contribution in [0.25, 0.3) is 0 Å². The first-order valence-electron chi connectivity index (χ1n) is 5.79. The van der Waals surface area contributed by atoms with Gasteiger partial charge in [-0.05, 0) is 19.8 Å². The average Bonchev–Trinajstić information content (AvgIpc) is 2.30. The maximum atomic E-state index is 8.66. The van der Waals surface area contributed by atoms with Crippen LogP contribution >= 0.6 is 0 Å². The first-order chi connectivity index (χ1) is 7.63. The van der Waals surface area contributed by atoms with Gasteiger partial charge in [0, 0.05) is 38.9 Å². The van der Waals surface area contributed by atoms with Crippen molar-refractivity contribution in [3.05, 3.63) is 0 Å². The van der Waals surface area contributed by atoms with Gasteiger partial charge in [-0.3, -0.25) is 0 Å². The van der Waals surface area contributed by atoms with Crippen LogP contribution in [0.4, 0.5) is 0 Å². The van der Waals surface area contributed by atoms with Crippen LogP contribution in [-0.2, 0) is 8.85 Å². The van der Waals surface area contributed by atoms with Crippen LogP contribution in [0.2, 0.25) is 6.04 Å². The molecule has 0 radical (unpaired) electrons. The maximum Gasteiger partial charge on any atom is 0.322 e. The molecule has 0 aromatic carbocycles. The fourth-order valence-electron chi connectivity index (χ4n) is 1.53. The minimum absolute atomic E-state index is 0.148. The fraction of sp³-hybridized carbons (Fsp3) is 1.00. The van der Waals surface area contributed by atoms with Gasteiger partial charge in [-0.1, -0.05) is 0 Å². The molecule has 98 valence electrons. The van der Waals surface area contributed by atoms with E-state index in [2.05, 4.69) is 12.2 Å². The molecule has 6 heteroatoms. The van der Waals surface area contributed by atoms with Gasteiger partial charge in [-0.25, -0.2) is 0 Å². The van der Waals surface area contributed by atoms with Gasteiger partial charge < -0.3 is 25.0 Å². The Balaban J connectivity index is 3.59. The third kappa shape index (κ3) is 8.20. The summed E-state index contributed by atoms with van der Waals surface area (Å²) in [5, 5.41) is 11.9. The summed E-state index contributed by atoms with van der Waals surface area (Å²) in [6.45, 7) is 2.92. The second-order valence-corrected chi connectivity index (χ2v) is 6.33. The number of aliphatic hydroxyl groups excluding tert-OH is 1. The molecule has 0 aromatic rings. The lowest BCUT2D eigenvalue weighted by molar-refractivity contribution is 0.271. The van der Waals surface area contributed by atoms with Gasteiger partial charge in [0.05, 0.1) is 6.61 Å². The van der Waals surface area contributed by atoms with E-state index in [0.717, 1.165) is 18.9 Å². The van der Waals surface area contributed by atoms with E-state index in [1.165, 1.54) is 0 Å². The molecule has 0 aromatic heterocycles. The minimum atomic E-state index is -1.52. The van der Waals surface area contributed by atoms with Crippen LogP contribution in [0.15, 0.2) is 0 Å². The van der Waals surface area contributed by atoms with E-state index in [4.69, 9.17) is 19.7 Å². The van der Waals surface area contributed by atoms with Crippen molar-refractivity contribution in [1.82, 2.24) is 5.32 Å². The molecule has 0 aliphatic rings. The van der Waals surface area contributed by atoms with Gasteiger partial charge in [0.1, 0.15) is 0 Å². The Bertz CT molecular complexity index is 159. The molecular formula is C10H26N2O3Si. The van der Waals surface area contributed by atoms with Crippen molar-refractivity contribution in [3.63, 3.8) is 0 Å². The molecular weight excluding hydrogens is 224 g/mol. The van der Waals surface area contributed by atoms with Gasteiger partial charge in [0.25, 0.3) is 0 Å². The van der Waals surface area contributed by atoms with E-state index in [9.17, 15) is 0 Å². The lowest BCUT2D eigenvalue weighted by atomic mass is 10.1. The highest BCUT2D eigenvalue weighted by Gasteiger charge is 2.15. The largest absolute Gasteiger partial charge is 0.400 e. The molecule has 4 N–H and O–H groups in total. The van der Waals surface area contributed by atoms with E-state index in [-0.39, 0.29) is 12.6 Å². The summed E-state index contributed by atoms with van der Waals surface area (Å²) in [7, 11) is 1.84. The average molecular weight is 250 g/mol. The Morgan fingerprint density at radius 2 is 1.94 bits per heavy atom. The van der Waals surface area contributed by atoms with E-state index in [0.29, 0.717) is 12.6 Å². The standard InChI is InChI=1S/C10H26N2O3Si/c1-9(12-6-7-13)4-5-10(11)8-16(14-2)15-3/h9-10,12-13,16H,4-8,11H2,1-3H3. The predicted molar refractivity (Wildman–Crippen MR) is 67.7 cm³/mol. The van der Waals surface area contributed by atoms with Gasteiger partial charge in [-0.2, -0.15) is 0 Å². The Hall–Kier alpha value is 0.0169. The summed E-state index contributed by atoms with van der Waals surface area (Å²) < 4.78 is 10.5. The molecule has 5 nitrogen and oxygen atoms in total. The highest BCUT2D eigenvalue weighted by atomic mass is 28.3. The normalized spacial score (nSPS) is 15.4. The van der Waals surface area contributed by atoms with Gasteiger partial charge >= 0.3 is 9.28 Å². The van der Waals surface area contributed by atoms with Crippen molar-refractivity contribution in [2.75, 3.05) is 27.4 Å². The quantitative estimate of drug-likeness (QED) is 0.459. The van der Waals surface area contributed by atoms with Crippen LogP contribution in [0.5, 0.6) is 0 Å². The zero-order chi connectivity index (χ0) is 12.4. The van der Waals surface area contributed by atoms with E-state index in [1.54, 1.807) is 14.2 Å². The van der Waals surface area contributed by atoms with Gasteiger partial charge in [-0.15, -0.1) is 0 Å². The molecule has 0 heterocycles. The number of aliphatic hydroxyl groups is 1. The summed E-state index contributed by atoms with van der Waals surface area (Å²) in [5.41, 5.74) is 6.00. The zero-order valence-electron chi connectivity index (χ0n) is 10.6. The minimum Gasteiger partial charge on any atom is -0.400 e. The first kappa shape index (κ1) is 16.0. The number of rotatable bonds is 10. The van der Waals surface area contributed by atoms with Gasteiger partial charge in [0.15, 0.2) is 0 Å². The van der Waals surface area contributed by atoms with Crippen molar-refractivity contribution in [2.45, 2.75) is 37.9 Å². The zero-order valence-corrected chi connectivity index (χ0v) is 11.8. The van der Waals surface area contributed by atoms with Crippen LogP contribution in [-0.4, -0.2) is 53.8 Å². The van der Waals surface area contributed by atoms with Crippen molar-refractivity contribution in [2.24, 2.45) is 5.73 Å². The summed E-state index contributed by atoms with van der Waals surface area (Å²) in [5.74, 6) is 0. The molecule has 0 amide bonds. The Labute approximate surface area is 100 Å². The molecule has 0 saturated heterocycles. The summed E-state index contributed by atoms with van der Waals surface area (Å²) in [4.78, 5) is 0. The predicted octanol–water partition coefficient (Wildman–Crippen LogP) is -0.422. The van der Waals surface area contributed by atoms with Crippen LogP contribution in [0, 0.1) is 0 Å². The van der Waals surface area contributed by atoms with Crippen molar-refractivity contribution in [1.29, 1.82) is 0 Å². The second kappa shape index (κ2) is 10.2. The highest BCUT2D eigenvalue weighted by molar-refractivity contribution is 6.44. The number of nitrogens with one attached hydrogen (secondary N) is 1.